The quantitative estimate of drug-likeness (QED) is 0.538. The first-order valence-corrected chi connectivity index (χ1v) is 11.5. The first kappa shape index (κ1) is 22.1. The molecule has 2 N–H and O–H groups in total. The topological polar surface area (TPSA) is 74.6 Å². The molecule has 0 saturated carbocycles. The molecule has 1 aromatic heterocycles. The van der Waals surface area contributed by atoms with E-state index in [-0.39, 0.29) is 11.8 Å². The summed E-state index contributed by atoms with van der Waals surface area (Å²) in [6, 6.07) is 15.4. The number of fused-ring (bicyclic) bond motifs is 1. The molecule has 174 valence electrons. The lowest BCUT2D eigenvalue weighted by atomic mass is 10.0. The van der Waals surface area contributed by atoms with Crippen molar-refractivity contribution in [3.63, 3.8) is 0 Å². The van der Waals surface area contributed by atoms with Crippen LogP contribution in [-0.4, -0.2) is 42.9 Å². The van der Waals surface area contributed by atoms with Crippen molar-refractivity contribution in [1.29, 1.82) is 0 Å². The number of piperidine rings is 1. The van der Waals surface area contributed by atoms with Gasteiger partial charge in [0.2, 0.25) is 0 Å². The number of carbonyl (C=O) groups excluding carboxylic acids is 2. The van der Waals surface area contributed by atoms with Gasteiger partial charge in [-0.2, -0.15) is 0 Å². The Morgan fingerprint density at radius 1 is 1.18 bits per heavy atom. The van der Waals surface area contributed by atoms with Crippen LogP contribution in [0.3, 0.4) is 0 Å². The fraction of sp³-hybridized carbons (Fsp3) is 0.259. The highest BCUT2D eigenvalue weighted by Gasteiger charge is 2.25. The van der Waals surface area contributed by atoms with Crippen LogP contribution in [0.2, 0.25) is 0 Å². The number of anilines is 1. The normalized spacial score (nSPS) is 19.2. The standard InChI is InChI=1S/C27H26FN3O3/c1-31-13-3-2-4-20(31)16-29-26(32)18-7-5-17(6-8-18)25-12-10-21(34-25)15-23-22-14-19(28)9-11-24(22)30-27(23)33/h5-12,14-15,20H,2-4,13,16H2,1H3,(H,29,32)(H,30,33)/b23-15+. The summed E-state index contributed by atoms with van der Waals surface area (Å²) in [5, 5.41) is 5.77. The molecule has 1 atom stereocenters. The fourth-order valence-electron chi connectivity index (χ4n) is 4.53. The van der Waals surface area contributed by atoms with Crippen molar-refractivity contribution in [1.82, 2.24) is 10.2 Å². The van der Waals surface area contributed by atoms with Gasteiger partial charge in [-0.25, -0.2) is 4.39 Å². The summed E-state index contributed by atoms with van der Waals surface area (Å²) in [5.41, 5.74) is 2.85. The van der Waals surface area contributed by atoms with Crippen LogP contribution < -0.4 is 10.6 Å². The molecule has 2 aliphatic rings. The molecule has 7 heteroatoms. The number of amides is 2. The summed E-state index contributed by atoms with van der Waals surface area (Å²) < 4.78 is 19.6. The zero-order valence-corrected chi connectivity index (χ0v) is 18.9. The highest BCUT2D eigenvalue weighted by Crippen LogP contribution is 2.34. The molecular formula is C27H26FN3O3. The van der Waals surface area contributed by atoms with E-state index in [0.717, 1.165) is 18.5 Å². The number of likely N-dealkylation sites (tertiary alicyclic amines) is 1. The number of hydrogen-bond acceptors (Lipinski definition) is 4. The number of halogens is 1. The Kier molecular flexibility index (Phi) is 6.02. The van der Waals surface area contributed by atoms with Crippen molar-refractivity contribution in [3.8, 4) is 11.3 Å². The van der Waals surface area contributed by atoms with Gasteiger partial charge in [0.1, 0.15) is 17.3 Å². The van der Waals surface area contributed by atoms with Crippen LogP contribution in [-0.2, 0) is 4.79 Å². The second-order valence-electron chi connectivity index (χ2n) is 8.82. The first-order chi connectivity index (χ1) is 16.5. The SMILES string of the molecule is CN1CCCCC1CNC(=O)c1ccc(-c2ccc(/C=C3/C(=O)Nc4ccc(F)cc43)o2)cc1. The molecule has 2 amide bonds. The Balaban J connectivity index is 1.27. The van der Waals surface area contributed by atoms with Gasteiger partial charge < -0.3 is 20.0 Å². The van der Waals surface area contributed by atoms with Crippen LogP contribution in [0.15, 0.2) is 59.0 Å². The number of nitrogens with zero attached hydrogens (tertiary/aromatic N) is 1. The minimum absolute atomic E-state index is 0.0893. The maximum atomic E-state index is 13.7. The van der Waals surface area contributed by atoms with Gasteiger partial charge in [-0.3, -0.25) is 9.59 Å². The van der Waals surface area contributed by atoms with E-state index in [4.69, 9.17) is 4.42 Å². The van der Waals surface area contributed by atoms with Crippen molar-refractivity contribution in [2.75, 3.05) is 25.5 Å². The van der Waals surface area contributed by atoms with Crippen LogP contribution >= 0.6 is 0 Å². The van der Waals surface area contributed by atoms with Gasteiger partial charge in [0.25, 0.3) is 11.8 Å². The number of benzene rings is 2. The van der Waals surface area contributed by atoms with Gasteiger partial charge in [0, 0.05) is 35.0 Å². The lowest BCUT2D eigenvalue weighted by molar-refractivity contribution is -0.110. The number of likely N-dealkylation sites (N-methyl/N-ethyl adjacent to an activating group) is 1. The van der Waals surface area contributed by atoms with E-state index in [0.29, 0.717) is 46.5 Å². The number of nitrogens with one attached hydrogen (secondary N) is 2. The van der Waals surface area contributed by atoms with Gasteiger partial charge in [-0.1, -0.05) is 18.6 Å². The number of hydrogen-bond donors (Lipinski definition) is 2. The van der Waals surface area contributed by atoms with Crippen molar-refractivity contribution >= 4 is 29.2 Å². The average molecular weight is 460 g/mol. The Morgan fingerprint density at radius 2 is 2.00 bits per heavy atom. The van der Waals surface area contributed by atoms with E-state index in [1.54, 1.807) is 36.4 Å². The third-order valence-corrected chi connectivity index (χ3v) is 6.53. The molecular weight excluding hydrogens is 433 g/mol. The molecule has 0 spiro atoms. The number of furan rings is 1. The molecule has 3 aromatic rings. The summed E-state index contributed by atoms with van der Waals surface area (Å²) in [4.78, 5) is 27.2. The van der Waals surface area contributed by atoms with E-state index >= 15 is 0 Å². The van der Waals surface area contributed by atoms with Gasteiger partial charge in [0.15, 0.2) is 0 Å². The molecule has 1 fully saturated rings. The minimum atomic E-state index is -0.406. The maximum absolute atomic E-state index is 13.7. The third-order valence-electron chi connectivity index (χ3n) is 6.53. The fourth-order valence-corrected chi connectivity index (χ4v) is 4.53. The number of rotatable bonds is 5. The maximum Gasteiger partial charge on any atom is 0.256 e. The predicted molar refractivity (Wildman–Crippen MR) is 130 cm³/mol. The van der Waals surface area contributed by atoms with Gasteiger partial charge >= 0.3 is 0 Å². The Morgan fingerprint density at radius 3 is 2.79 bits per heavy atom. The molecule has 1 unspecified atom stereocenters. The molecule has 3 heterocycles. The zero-order chi connectivity index (χ0) is 23.7. The first-order valence-electron chi connectivity index (χ1n) is 11.5. The summed E-state index contributed by atoms with van der Waals surface area (Å²) in [5.74, 6) is 0.300. The van der Waals surface area contributed by atoms with E-state index in [9.17, 15) is 14.0 Å². The van der Waals surface area contributed by atoms with E-state index in [1.807, 2.05) is 12.1 Å². The monoisotopic (exact) mass is 459 g/mol. The van der Waals surface area contributed by atoms with Gasteiger partial charge in [-0.15, -0.1) is 0 Å². The number of carbonyl (C=O) groups is 2. The predicted octanol–water partition coefficient (Wildman–Crippen LogP) is 4.79. The lowest BCUT2D eigenvalue weighted by Crippen LogP contribution is -2.44. The van der Waals surface area contributed by atoms with Crippen LogP contribution in [0.5, 0.6) is 0 Å². The Hall–Kier alpha value is -3.71. The van der Waals surface area contributed by atoms with Crippen LogP contribution in [0.1, 0.15) is 40.9 Å². The van der Waals surface area contributed by atoms with Crippen LogP contribution in [0.25, 0.3) is 23.0 Å². The van der Waals surface area contributed by atoms with E-state index < -0.39 is 5.82 Å². The lowest BCUT2D eigenvalue weighted by Gasteiger charge is -2.32. The van der Waals surface area contributed by atoms with Gasteiger partial charge in [-0.05, 0) is 75.0 Å². The molecule has 5 rings (SSSR count). The zero-order valence-electron chi connectivity index (χ0n) is 18.9. The van der Waals surface area contributed by atoms with Crippen molar-refractivity contribution in [2.45, 2.75) is 25.3 Å². The molecule has 0 aliphatic carbocycles. The van der Waals surface area contributed by atoms with E-state index in [1.165, 1.54) is 25.0 Å². The Labute approximate surface area is 197 Å². The second-order valence-corrected chi connectivity index (χ2v) is 8.82. The summed E-state index contributed by atoms with van der Waals surface area (Å²) >= 11 is 0. The molecule has 6 nitrogen and oxygen atoms in total. The second kappa shape index (κ2) is 9.27. The molecule has 2 aromatic carbocycles. The largest absolute Gasteiger partial charge is 0.457 e. The summed E-state index contributed by atoms with van der Waals surface area (Å²) in [6.07, 6.45) is 5.13. The third kappa shape index (κ3) is 4.52. The Bertz CT molecular complexity index is 1260. The van der Waals surface area contributed by atoms with Crippen molar-refractivity contribution in [2.24, 2.45) is 0 Å². The molecule has 0 radical (unpaired) electrons. The van der Waals surface area contributed by atoms with Crippen molar-refractivity contribution < 1.29 is 18.4 Å². The molecule has 34 heavy (non-hydrogen) atoms. The molecule has 1 saturated heterocycles. The highest BCUT2D eigenvalue weighted by atomic mass is 19.1. The summed E-state index contributed by atoms with van der Waals surface area (Å²) in [6.45, 7) is 1.72. The highest BCUT2D eigenvalue weighted by molar-refractivity contribution is 6.34. The summed E-state index contributed by atoms with van der Waals surface area (Å²) in [7, 11) is 2.11. The van der Waals surface area contributed by atoms with Crippen molar-refractivity contribution in [3.05, 3.63) is 77.3 Å². The van der Waals surface area contributed by atoms with Crippen LogP contribution in [0, 0.1) is 5.82 Å². The average Bonchev–Trinajstić information content (AvgIpc) is 3.43. The molecule has 2 aliphatic heterocycles. The van der Waals surface area contributed by atoms with E-state index in [2.05, 4.69) is 22.6 Å². The van der Waals surface area contributed by atoms with Gasteiger partial charge in [0.05, 0.1) is 5.57 Å². The minimum Gasteiger partial charge on any atom is -0.457 e. The van der Waals surface area contributed by atoms with Crippen LogP contribution in [0.4, 0.5) is 10.1 Å². The molecule has 0 bridgehead atoms. The smallest absolute Gasteiger partial charge is 0.256 e.